The highest BCUT2D eigenvalue weighted by molar-refractivity contribution is 5.87. The lowest BCUT2D eigenvalue weighted by molar-refractivity contribution is -0.123. The van der Waals surface area contributed by atoms with Crippen LogP contribution in [-0.4, -0.2) is 21.4 Å². The predicted octanol–water partition coefficient (Wildman–Crippen LogP) is -0.185. The van der Waals surface area contributed by atoms with Gasteiger partial charge >= 0.3 is 0 Å². The number of rotatable bonds is 2. The summed E-state index contributed by atoms with van der Waals surface area (Å²) in [6.45, 7) is 3.87. The molecule has 1 aliphatic rings. The van der Waals surface area contributed by atoms with E-state index in [2.05, 4.69) is 20.0 Å². The molecule has 0 saturated heterocycles. The molecule has 1 aromatic heterocycles. The standard InChI is InChI=1S/C10H12N4O/c1-3-10(4-2)9(15)13-7-5-11-6-12-8(7)14-10/h5-6H,3-4H2,1-2H3. The third-order valence-electron chi connectivity index (χ3n) is 2.78. The van der Waals surface area contributed by atoms with E-state index in [9.17, 15) is 4.79 Å². The molecule has 1 aliphatic heterocycles. The van der Waals surface area contributed by atoms with Crippen molar-refractivity contribution in [3.63, 3.8) is 0 Å². The lowest BCUT2D eigenvalue weighted by Crippen LogP contribution is -2.46. The van der Waals surface area contributed by atoms with E-state index in [1.165, 1.54) is 12.5 Å². The highest BCUT2D eigenvalue weighted by atomic mass is 16.2. The van der Waals surface area contributed by atoms with Crippen molar-refractivity contribution in [3.8, 4) is 0 Å². The van der Waals surface area contributed by atoms with E-state index < -0.39 is 5.54 Å². The van der Waals surface area contributed by atoms with Crippen LogP contribution in [0.3, 0.4) is 0 Å². The molecule has 0 fully saturated rings. The zero-order chi connectivity index (χ0) is 10.9. The molecule has 0 aliphatic carbocycles. The number of carbonyl (C=O) groups excluding carboxylic acids is 1. The van der Waals surface area contributed by atoms with Crippen LogP contribution >= 0.6 is 0 Å². The first-order valence-corrected chi connectivity index (χ1v) is 5.01. The molecule has 0 saturated carbocycles. The van der Waals surface area contributed by atoms with E-state index >= 15 is 0 Å². The number of fused-ring (bicyclic) bond motifs is 1. The number of hydrogen-bond donors (Lipinski definition) is 0. The average molecular weight is 204 g/mol. The molecule has 0 aromatic carbocycles. The van der Waals surface area contributed by atoms with Gasteiger partial charge in [-0.1, -0.05) is 13.8 Å². The number of amides is 1. The molecular formula is C10H12N4O. The highest BCUT2D eigenvalue weighted by Gasteiger charge is 2.36. The molecule has 15 heavy (non-hydrogen) atoms. The molecule has 0 N–H and O–H groups in total. The van der Waals surface area contributed by atoms with Crippen molar-refractivity contribution in [2.45, 2.75) is 32.2 Å². The maximum absolute atomic E-state index is 11.8. The molecule has 0 atom stereocenters. The Balaban J connectivity index is 2.70. The van der Waals surface area contributed by atoms with Crippen LogP contribution < -0.4 is 10.8 Å². The SMILES string of the molecule is CCC1(CC)N=c2ncncc2=NC1=O. The fourth-order valence-corrected chi connectivity index (χ4v) is 1.66. The van der Waals surface area contributed by atoms with Gasteiger partial charge in [0.05, 0.1) is 6.20 Å². The van der Waals surface area contributed by atoms with Gasteiger partial charge < -0.3 is 0 Å². The second-order valence-electron chi connectivity index (χ2n) is 3.50. The van der Waals surface area contributed by atoms with E-state index in [0.717, 1.165) is 0 Å². The zero-order valence-corrected chi connectivity index (χ0v) is 8.77. The lowest BCUT2D eigenvalue weighted by Gasteiger charge is -2.24. The summed E-state index contributed by atoms with van der Waals surface area (Å²) in [7, 11) is 0. The Hall–Kier alpha value is -1.65. The third-order valence-corrected chi connectivity index (χ3v) is 2.78. The third kappa shape index (κ3) is 1.44. The van der Waals surface area contributed by atoms with E-state index in [-0.39, 0.29) is 5.91 Å². The summed E-state index contributed by atoms with van der Waals surface area (Å²) in [6, 6.07) is 0. The monoisotopic (exact) mass is 204 g/mol. The van der Waals surface area contributed by atoms with Crippen molar-refractivity contribution in [2.75, 3.05) is 0 Å². The van der Waals surface area contributed by atoms with Crippen LogP contribution in [0.2, 0.25) is 0 Å². The van der Waals surface area contributed by atoms with E-state index in [4.69, 9.17) is 0 Å². The van der Waals surface area contributed by atoms with Crippen LogP contribution in [0.1, 0.15) is 26.7 Å². The topological polar surface area (TPSA) is 67.6 Å². The molecule has 5 heteroatoms. The van der Waals surface area contributed by atoms with Crippen molar-refractivity contribution < 1.29 is 4.79 Å². The summed E-state index contributed by atoms with van der Waals surface area (Å²) in [4.78, 5) is 28.0. The van der Waals surface area contributed by atoms with Gasteiger partial charge in [-0.15, -0.1) is 0 Å². The minimum absolute atomic E-state index is 0.185. The van der Waals surface area contributed by atoms with Gasteiger partial charge in [-0.25, -0.2) is 20.0 Å². The molecule has 0 spiro atoms. The molecule has 2 rings (SSSR count). The van der Waals surface area contributed by atoms with Gasteiger partial charge in [-0.2, -0.15) is 0 Å². The van der Waals surface area contributed by atoms with Gasteiger partial charge in [0.2, 0.25) is 0 Å². The number of aromatic nitrogens is 2. The van der Waals surface area contributed by atoms with Gasteiger partial charge in [0.1, 0.15) is 17.2 Å². The molecular weight excluding hydrogens is 192 g/mol. The van der Waals surface area contributed by atoms with E-state index in [0.29, 0.717) is 23.7 Å². The average Bonchev–Trinajstić information content (AvgIpc) is 2.28. The van der Waals surface area contributed by atoms with Crippen LogP contribution in [0.25, 0.3) is 0 Å². The van der Waals surface area contributed by atoms with E-state index in [1.807, 2.05) is 13.8 Å². The van der Waals surface area contributed by atoms with Gasteiger partial charge in [0, 0.05) is 0 Å². The summed E-state index contributed by atoms with van der Waals surface area (Å²) in [5.74, 6) is -0.185. The fraction of sp³-hybridized carbons (Fsp3) is 0.500. The first-order valence-electron chi connectivity index (χ1n) is 5.01. The van der Waals surface area contributed by atoms with Crippen LogP contribution in [0.4, 0.5) is 0 Å². The molecule has 0 unspecified atom stereocenters. The number of hydrogen-bond acceptors (Lipinski definition) is 4. The second-order valence-corrected chi connectivity index (χ2v) is 3.50. The van der Waals surface area contributed by atoms with Crippen molar-refractivity contribution in [2.24, 2.45) is 9.98 Å². The molecule has 78 valence electrons. The Labute approximate surface area is 87.0 Å². The molecule has 5 nitrogen and oxygen atoms in total. The molecule has 2 heterocycles. The van der Waals surface area contributed by atoms with Crippen LogP contribution in [-0.2, 0) is 4.79 Å². The smallest absolute Gasteiger partial charge is 0.270 e. The largest absolute Gasteiger partial charge is 0.274 e. The van der Waals surface area contributed by atoms with Crippen molar-refractivity contribution in [1.82, 2.24) is 9.97 Å². The second kappa shape index (κ2) is 3.49. The number of carbonyl (C=O) groups is 1. The fourth-order valence-electron chi connectivity index (χ4n) is 1.66. The Kier molecular flexibility index (Phi) is 2.30. The van der Waals surface area contributed by atoms with Crippen molar-refractivity contribution in [3.05, 3.63) is 23.4 Å². The molecule has 1 amide bonds. The first-order chi connectivity index (χ1) is 7.22. The zero-order valence-electron chi connectivity index (χ0n) is 8.77. The van der Waals surface area contributed by atoms with Gasteiger partial charge in [-0.3, -0.25) is 4.79 Å². The normalized spacial score (nSPS) is 17.6. The van der Waals surface area contributed by atoms with Crippen molar-refractivity contribution in [1.29, 1.82) is 0 Å². The lowest BCUT2D eigenvalue weighted by atomic mass is 9.92. The summed E-state index contributed by atoms with van der Waals surface area (Å²) < 4.78 is 0. The quantitative estimate of drug-likeness (QED) is 0.670. The Morgan fingerprint density at radius 3 is 2.73 bits per heavy atom. The number of nitrogens with zero attached hydrogens (tertiary/aromatic N) is 4. The molecule has 0 bridgehead atoms. The Bertz CT molecular complexity index is 504. The van der Waals surface area contributed by atoms with Crippen LogP contribution in [0.15, 0.2) is 22.5 Å². The first kappa shape index (κ1) is 9.89. The van der Waals surface area contributed by atoms with Crippen LogP contribution in [0.5, 0.6) is 0 Å². The summed E-state index contributed by atoms with van der Waals surface area (Å²) in [5, 5.41) is 0.472. The maximum Gasteiger partial charge on any atom is 0.274 e. The van der Waals surface area contributed by atoms with Crippen LogP contribution in [0, 0.1) is 0 Å². The highest BCUT2D eigenvalue weighted by Crippen LogP contribution is 2.22. The van der Waals surface area contributed by atoms with Gasteiger partial charge in [-0.05, 0) is 12.8 Å². The Morgan fingerprint density at radius 1 is 1.33 bits per heavy atom. The van der Waals surface area contributed by atoms with Gasteiger partial charge in [0.25, 0.3) is 5.91 Å². The maximum atomic E-state index is 11.8. The summed E-state index contributed by atoms with van der Waals surface area (Å²) >= 11 is 0. The Morgan fingerprint density at radius 2 is 2.07 bits per heavy atom. The summed E-state index contributed by atoms with van der Waals surface area (Å²) in [6.07, 6.45) is 4.23. The molecule has 1 aromatic rings. The predicted molar refractivity (Wildman–Crippen MR) is 52.7 cm³/mol. The minimum atomic E-state index is -0.707. The van der Waals surface area contributed by atoms with E-state index in [1.54, 1.807) is 0 Å². The summed E-state index contributed by atoms with van der Waals surface area (Å²) in [5.41, 5.74) is -0.185. The van der Waals surface area contributed by atoms with Gasteiger partial charge in [0.15, 0.2) is 5.49 Å². The van der Waals surface area contributed by atoms with Crippen molar-refractivity contribution >= 4 is 5.91 Å². The minimum Gasteiger partial charge on any atom is -0.270 e. The molecule has 0 radical (unpaired) electrons.